The minimum absolute atomic E-state index is 0.286. The summed E-state index contributed by atoms with van der Waals surface area (Å²) in [5.41, 5.74) is 7.50. The Labute approximate surface area is 138 Å². The van der Waals surface area contributed by atoms with Gasteiger partial charge in [-0.2, -0.15) is 4.98 Å². The van der Waals surface area contributed by atoms with Crippen molar-refractivity contribution in [3.05, 3.63) is 11.8 Å². The van der Waals surface area contributed by atoms with E-state index in [1.54, 1.807) is 0 Å². The molecule has 0 aromatic carbocycles. The summed E-state index contributed by atoms with van der Waals surface area (Å²) >= 11 is 0. The van der Waals surface area contributed by atoms with Crippen LogP contribution in [0.3, 0.4) is 0 Å². The van der Waals surface area contributed by atoms with Gasteiger partial charge in [0.2, 0.25) is 5.95 Å². The van der Waals surface area contributed by atoms with Crippen molar-refractivity contribution in [2.75, 3.05) is 49.2 Å². The van der Waals surface area contributed by atoms with E-state index >= 15 is 0 Å². The zero-order chi connectivity index (χ0) is 15.8. The van der Waals surface area contributed by atoms with Crippen LogP contribution in [-0.2, 0) is 11.2 Å². The van der Waals surface area contributed by atoms with E-state index in [1.807, 2.05) is 0 Å². The molecule has 0 unspecified atom stereocenters. The molecule has 126 valence electrons. The molecule has 23 heavy (non-hydrogen) atoms. The Morgan fingerprint density at radius 3 is 2.65 bits per heavy atom. The van der Waals surface area contributed by atoms with Gasteiger partial charge in [-0.3, -0.25) is 0 Å². The fourth-order valence-electron chi connectivity index (χ4n) is 3.78. The van der Waals surface area contributed by atoms with Crippen molar-refractivity contribution < 1.29 is 4.74 Å². The number of aromatic nitrogens is 2. The summed E-state index contributed by atoms with van der Waals surface area (Å²) in [6, 6.07) is 2.43. The maximum Gasteiger partial charge on any atom is 0.227 e. The standard InChI is InChI=1S/C17H27N5O/c1-2-13-9-16(20-17(19-13)21-5-7-23-8-6-21)22-10-14(12-3-4-12)15(18)11-22/h9,12,14-15H,2-8,10-11,18H2,1H3/t14-,15+/m1/s1. The van der Waals surface area contributed by atoms with Crippen LogP contribution in [0.2, 0.25) is 0 Å². The highest BCUT2D eigenvalue weighted by Crippen LogP contribution is 2.41. The van der Waals surface area contributed by atoms with E-state index in [0.29, 0.717) is 5.92 Å². The molecule has 0 radical (unpaired) electrons. The molecule has 6 heteroatoms. The summed E-state index contributed by atoms with van der Waals surface area (Å²) in [7, 11) is 0. The zero-order valence-corrected chi connectivity index (χ0v) is 13.9. The summed E-state index contributed by atoms with van der Waals surface area (Å²) < 4.78 is 5.45. The van der Waals surface area contributed by atoms with Gasteiger partial charge in [-0.05, 0) is 31.1 Å². The molecule has 0 spiro atoms. The third-order valence-electron chi connectivity index (χ3n) is 5.37. The molecule has 3 heterocycles. The highest BCUT2D eigenvalue weighted by molar-refractivity contribution is 5.48. The molecule has 1 aromatic heterocycles. The number of hydrogen-bond acceptors (Lipinski definition) is 6. The van der Waals surface area contributed by atoms with Crippen molar-refractivity contribution in [3.63, 3.8) is 0 Å². The SMILES string of the molecule is CCc1cc(N2C[C@H](C3CC3)[C@@H](N)C2)nc(N2CCOCC2)n1. The Morgan fingerprint density at radius 2 is 1.96 bits per heavy atom. The van der Waals surface area contributed by atoms with Gasteiger partial charge in [0.15, 0.2) is 0 Å². The predicted molar refractivity (Wildman–Crippen MR) is 90.8 cm³/mol. The predicted octanol–water partition coefficient (Wildman–Crippen LogP) is 1.05. The lowest BCUT2D eigenvalue weighted by Crippen LogP contribution is -2.38. The maximum absolute atomic E-state index is 6.39. The average molecular weight is 317 g/mol. The first-order valence-corrected chi connectivity index (χ1v) is 8.95. The molecule has 0 amide bonds. The van der Waals surface area contributed by atoms with Gasteiger partial charge in [0.25, 0.3) is 0 Å². The first-order valence-electron chi connectivity index (χ1n) is 8.95. The number of aryl methyl sites for hydroxylation is 1. The van der Waals surface area contributed by atoms with Gasteiger partial charge in [-0.25, -0.2) is 4.98 Å². The molecular weight excluding hydrogens is 290 g/mol. The molecule has 2 atom stereocenters. The van der Waals surface area contributed by atoms with Crippen molar-refractivity contribution in [1.29, 1.82) is 0 Å². The topological polar surface area (TPSA) is 67.5 Å². The first kappa shape index (κ1) is 15.1. The molecule has 0 bridgehead atoms. The third kappa shape index (κ3) is 3.15. The third-order valence-corrected chi connectivity index (χ3v) is 5.37. The quantitative estimate of drug-likeness (QED) is 0.895. The molecule has 4 rings (SSSR count). The van der Waals surface area contributed by atoms with Crippen LogP contribution < -0.4 is 15.5 Å². The normalized spacial score (nSPS) is 28.4. The Morgan fingerprint density at radius 1 is 1.17 bits per heavy atom. The van der Waals surface area contributed by atoms with Crippen LogP contribution in [0.5, 0.6) is 0 Å². The maximum atomic E-state index is 6.39. The van der Waals surface area contributed by atoms with E-state index in [-0.39, 0.29) is 6.04 Å². The van der Waals surface area contributed by atoms with E-state index in [2.05, 4.69) is 22.8 Å². The Bertz CT molecular complexity index is 556. The van der Waals surface area contributed by atoms with Crippen LogP contribution in [0.25, 0.3) is 0 Å². The van der Waals surface area contributed by atoms with Crippen LogP contribution in [-0.4, -0.2) is 55.4 Å². The van der Waals surface area contributed by atoms with Crippen LogP contribution >= 0.6 is 0 Å². The van der Waals surface area contributed by atoms with Gasteiger partial charge < -0.3 is 20.3 Å². The summed E-state index contributed by atoms with van der Waals surface area (Å²) in [6.45, 7) is 7.38. The second kappa shape index (κ2) is 6.24. The molecule has 2 aliphatic heterocycles. The molecule has 2 saturated heterocycles. The Kier molecular flexibility index (Phi) is 4.11. The number of nitrogens with zero attached hydrogens (tertiary/aromatic N) is 4. The second-order valence-electron chi connectivity index (χ2n) is 7.04. The number of anilines is 2. The molecule has 3 aliphatic rings. The van der Waals surface area contributed by atoms with E-state index in [1.165, 1.54) is 12.8 Å². The van der Waals surface area contributed by atoms with Crippen LogP contribution in [0.1, 0.15) is 25.5 Å². The lowest BCUT2D eigenvalue weighted by Gasteiger charge is -2.28. The average Bonchev–Trinajstić information content (AvgIpc) is 3.37. The van der Waals surface area contributed by atoms with Gasteiger partial charge >= 0.3 is 0 Å². The molecule has 1 saturated carbocycles. The van der Waals surface area contributed by atoms with Gasteiger partial charge in [0, 0.05) is 44.0 Å². The molecule has 1 aliphatic carbocycles. The molecule has 6 nitrogen and oxygen atoms in total. The summed E-state index contributed by atoms with van der Waals surface area (Å²) in [5, 5.41) is 0. The first-order chi connectivity index (χ1) is 11.2. The van der Waals surface area contributed by atoms with Gasteiger partial charge in [0.05, 0.1) is 13.2 Å². The molecule has 3 fully saturated rings. The summed E-state index contributed by atoms with van der Waals surface area (Å²) in [5.74, 6) is 3.39. The number of morpholine rings is 1. The minimum Gasteiger partial charge on any atom is -0.378 e. The monoisotopic (exact) mass is 317 g/mol. The van der Waals surface area contributed by atoms with Crippen LogP contribution in [0.4, 0.5) is 11.8 Å². The van der Waals surface area contributed by atoms with E-state index in [4.69, 9.17) is 20.4 Å². The number of rotatable bonds is 4. The van der Waals surface area contributed by atoms with Crippen LogP contribution in [0.15, 0.2) is 6.07 Å². The fraction of sp³-hybridized carbons (Fsp3) is 0.765. The Balaban J connectivity index is 1.57. The summed E-state index contributed by atoms with van der Waals surface area (Å²) in [4.78, 5) is 14.2. The molecular formula is C17H27N5O. The van der Waals surface area contributed by atoms with Crippen molar-refractivity contribution in [1.82, 2.24) is 9.97 Å². The number of nitrogens with two attached hydrogens (primary N) is 1. The van der Waals surface area contributed by atoms with Gasteiger partial charge in [-0.1, -0.05) is 6.92 Å². The number of ether oxygens (including phenoxy) is 1. The van der Waals surface area contributed by atoms with Gasteiger partial charge in [0.1, 0.15) is 5.82 Å². The largest absolute Gasteiger partial charge is 0.378 e. The van der Waals surface area contributed by atoms with Crippen molar-refractivity contribution in [2.45, 2.75) is 32.2 Å². The minimum atomic E-state index is 0.286. The zero-order valence-electron chi connectivity index (χ0n) is 13.9. The Hall–Kier alpha value is -1.40. The van der Waals surface area contributed by atoms with Gasteiger partial charge in [-0.15, -0.1) is 0 Å². The molecule has 2 N–H and O–H groups in total. The van der Waals surface area contributed by atoms with E-state index < -0.39 is 0 Å². The van der Waals surface area contributed by atoms with Crippen molar-refractivity contribution in [3.8, 4) is 0 Å². The van der Waals surface area contributed by atoms with Crippen molar-refractivity contribution >= 4 is 11.8 Å². The fourth-order valence-corrected chi connectivity index (χ4v) is 3.78. The highest BCUT2D eigenvalue weighted by Gasteiger charge is 2.41. The lowest BCUT2D eigenvalue weighted by molar-refractivity contribution is 0.122. The smallest absolute Gasteiger partial charge is 0.227 e. The van der Waals surface area contributed by atoms with E-state index in [9.17, 15) is 0 Å². The highest BCUT2D eigenvalue weighted by atomic mass is 16.5. The molecule has 1 aromatic rings. The van der Waals surface area contributed by atoms with Crippen molar-refractivity contribution in [2.24, 2.45) is 17.6 Å². The summed E-state index contributed by atoms with van der Waals surface area (Å²) in [6.07, 6.45) is 3.64. The number of hydrogen-bond donors (Lipinski definition) is 1. The second-order valence-corrected chi connectivity index (χ2v) is 7.04. The lowest BCUT2D eigenvalue weighted by atomic mass is 9.99. The van der Waals surface area contributed by atoms with E-state index in [0.717, 1.165) is 69.2 Å². The van der Waals surface area contributed by atoms with Crippen LogP contribution in [0, 0.1) is 11.8 Å².